The SMILES string of the molecule is O=C(Nc1c(Cl)cccc1Cl)c1ccc(N2CCCCCC2)nc1. The minimum Gasteiger partial charge on any atom is -0.357 e. The second-order valence-corrected chi connectivity index (χ2v) is 6.67. The monoisotopic (exact) mass is 363 g/mol. The minimum atomic E-state index is -0.278. The van der Waals surface area contributed by atoms with Crippen molar-refractivity contribution in [2.75, 3.05) is 23.3 Å². The Kier molecular flexibility index (Phi) is 5.59. The van der Waals surface area contributed by atoms with Crippen molar-refractivity contribution in [3.63, 3.8) is 0 Å². The number of aromatic nitrogens is 1. The smallest absolute Gasteiger partial charge is 0.257 e. The number of benzene rings is 1. The van der Waals surface area contributed by atoms with E-state index in [0.717, 1.165) is 18.9 Å². The average Bonchev–Trinajstić information content (AvgIpc) is 2.88. The number of carbonyl (C=O) groups is 1. The fourth-order valence-electron chi connectivity index (χ4n) is 2.81. The van der Waals surface area contributed by atoms with E-state index in [1.165, 1.54) is 25.7 Å². The van der Waals surface area contributed by atoms with Crippen LogP contribution in [0.2, 0.25) is 10.0 Å². The maximum atomic E-state index is 12.4. The molecule has 6 heteroatoms. The molecule has 0 saturated carbocycles. The number of pyridine rings is 1. The molecule has 3 rings (SSSR count). The van der Waals surface area contributed by atoms with Gasteiger partial charge in [0.05, 0.1) is 21.3 Å². The summed E-state index contributed by atoms with van der Waals surface area (Å²) in [6.45, 7) is 2.04. The molecular weight excluding hydrogens is 345 g/mol. The molecule has 0 atom stereocenters. The van der Waals surface area contributed by atoms with E-state index in [1.54, 1.807) is 30.5 Å². The van der Waals surface area contributed by atoms with Gasteiger partial charge in [-0.15, -0.1) is 0 Å². The third-order valence-electron chi connectivity index (χ3n) is 4.14. The molecule has 0 radical (unpaired) electrons. The summed E-state index contributed by atoms with van der Waals surface area (Å²) in [4.78, 5) is 19.1. The maximum absolute atomic E-state index is 12.4. The Morgan fingerprint density at radius 3 is 2.25 bits per heavy atom. The fraction of sp³-hybridized carbons (Fsp3) is 0.333. The number of amides is 1. The molecule has 0 bridgehead atoms. The van der Waals surface area contributed by atoms with Crippen LogP contribution >= 0.6 is 23.2 Å². The van der Waals surface area contributed by atoms with Crippen LogP contribution in [-0.4, -0.2) is 24.0 Å². The van der Waals surface area contributed by atoms with Gasteiger partial charge in [-0.05, 0) is 37.1 Å². The van der Waals surface area contributed by atoms with Crippen molar-refractivity contribution in [3.8, 4) is 0 Å². The Hall–Kier alpha value is -1.78. The van der Waals surface area contributed by atoms with Gasteiger partial charge in [0.2, 0.25) is 0 Å². The number of anilines is 2. The van der Waals surface area contributed by atoms with Crippen molar-refractivity contribution in [2.45, 2.75) is 25.7 Å². The highest BCUT2D eigenvalue weighted by atomic mass is 35.5. The van der Waals surface area contributed by atoms with Gasteiger partial charge in [-0.2, -0.15) is 0 Å². The fourth-order valence-corrected chi connectivity index (χ4v) is 3.30. The summed E-state index contributed by atoms with van der Waals surface area (Å²) >= 11 is 12.2. The van der Waals surface area contributed by atoms with E-state index < -0.39 is 0 Å². The van der Waals surface area contributed by atoms with Gasteiger partial charge in [-0.1, -0.05) is 42.1 Å². The van der Waals surface area contributed by atoms with Crippen LogP contribution in [0.1, 0.15) is 36.0 Å². The molecule has 0 spiro atoms. The Balaban J connectivity index is 1.72. The van der Waals surface area contributed by atoms with Crippen molar-refractivity contribution in [1.29, 1.82) is 0 Å². The Morgan fingerprint density at radius 2 is 1.67 bits per heavy atom. The second-order valence-electron chi connectivity index (χ2n) is 5.86. The Labute approximate surface area is 151 Å². The zero-order valence-electron chi connectivity index (χ0n) is 13.3. The first-order valence-electron chi connectivity index (χ1n) is 8.11. The minimum absolute atomic E-state index is 0.278. The van der Waals surface area contributed by atoms with Crippen molar-refractivity contribution in [2.24, 2.45) is 0 Å². The Morgan fingerprint density at radius 1 is 1.00 bits per heavy atom. The van der Waals surface area contributed by atoms with E-state index in [0.29, 0.717) is 21.3 Å². The molecule has 1 aliphatic rings. The van der Waals surface area contributed by atoms with Gasteiger partial charge in [0.25, 0.3) is 5.91 Å². The summed E-state index contributed by atoms with van der Waals surface area (Å²) in [5, 5.41) is 3.56. The molecule has 1 fully saturated rings. The number of carbonyl (C=O) groups excluding carboxylic acids is 1. The van der Waals surface area contributed by atoms with Gasteiger partial charge in [0.15, 0.2) is 0 Å². The standard InChI is InChI=1S/C18H19Cl2N3O/c19-14-6-5-7-15(20)17(14)22-18(24)13-8-9-16(21-12-13)23-10-3-1-2-4-11-23/h5-9,12H,1-4,10-11H2,(H,22,24). The maximum Gasteiger partial charge on any atom is 0.257 e. The predicted octanol–water partition coefficient (Wildman–Crippen LogP) is 5.02. The van der Waals surface area contributed by atoms with Crippen LogP contribution in [0.25, 0.3) is 0 Å². The molecule has 126 valence electrons. The van der Waals surface area contributed by atoms with Crippen LogP contribution in [-0.2, 0) is 0 Å². The quantitative estimate of drug-likeness (QED) is 0.832. The summed E-state index contributed by atoms with van der Waals surface area (Å²) in [7, 11) is 0. The molecule has 1 amide bonds. The highest BCUT2D eigenvalue weighted by Gasteiger charge is 2.14. The number of hydrogen-bond donors (Lipinski definition) is 1. The van der Waals surface area contributed by atoms with E-state index >= 15 is 0 Å². The van der Waals surface area contributed by atoms with Crippen LogP contribution < -0.4 is 10.2 Å². The van der Waals surface area contributed by atoms with Gasteiger partial charge in [0, 0.05) is 19.3 Å². The molecule has 4 nitrogen and oxygen atoms in total. The van der Waals surface area contributed by atoms with Gasteiger partial charge in [0.1, 0.15) is 5.82 Å². The van der Waals surface area contributed by atoms with E-state index in [2.05, 4.69) is 15.2 Å². The first-order chi connectivity index (χ1) is 11.6. The van der Waals surface area contributed by atoms with Crippen molar-refractivity contribution < 1.29 is 4.79 Å². The van der Waals surface area contributed by atoms with Crippen molar-refractivity contribution in [3.05, 3.63) is 52.1 Å². The lowest BCUT2D eigenvalue weighted by atomic mass is 10.2. The molecule has 1 aromatic heterocycles. The predicted molar refractivity (Wildman–Crippen MR) is 99.3 cm³/mol. The second kappa shape index (κ2) is 7.86. The molecule has 0 aliphatic carbocycles. The summed E-state index contributed by atoms with van der Waals surface area (Å²) in [6.07, 6.45) is 6.52. The van der Waals surface area contributed by atoms with Crippen LogP contribution in [0.15, 0.2) is 36.5 Å². The molecule has 1 saturated heterocycles. The number of nitrogens with one attached hydrogen (secondary N) is 1. The van der Waals surface area contributed by atoms with E-state index in [-0.39, 0.29) is 5.91 Å². The lowest BCUT2D eigenvalue weighted by Gasteiger charge is -2.21. The highest BCUT2D eigenvalue weighted by Crippen LogP contribution is 2.30. The summed E-state index contributed by atoms with van der Waals surface area (Å²) in [5.41, 5.74) is 0.895. The van der Waals surface area contributed by atoms with Crippen molar-refractivity contribution >= 4 is 40.6 Å². The summed E-state index contributed by atoms with van der Waals surface area (Å²) in [5.74, 6) is 0.643. The summed E-state index contributed by atoms with van der Waals surface area (Å²) in [6, 6.07) is 8.78. The molecule has 2 heterocycles. The number of rotatable bonds is 3. The van der Waals surface area contributed by atoms with Crippen LogP contribution in [0.5, 0.6) is 0 Å². The van der Waals surface area contributed by atoms with E-state index in [9.17, 15) is 4.79 Å². The van der Waals surface area contributed by atoms with Gasteiger partial charge in [-0.3, -0.25) is 4.79 Å². The first kappa shape index (κ1) is 17.1. The Bertz CT molecular complexity index is 690. The van der Waals surface area contributed by atoms with E-state index in [4.69, 9.17) is 23.2 Å². The van der Waals surface area contributed by atoms with E-state index in [1.807, 2.05) is 6.07 Å². The molecule has 0 unspecified atom stereocenters. The van der Waals surface area contributed by atoms with Crippen LogP contribution in [0.3, 0.4) is 0 Å². The summed E-state index contributed by atoms with van der Waals surface area (Å²) < 4.78 is 0. The lowest BCUT2D eigenvalue weighted by molar-refractivity contribution is 0.102. The zero-order valence-corrected chi connectivity index (χ0v) is 14.8. The average molecular weight is 364 g/mol. The third-order valence-corrected chi connectivity index (χ3v) is 4.77. The molecule has 2 aromatic rings. The van der Waals surface area contributed by atoms with Gasteiger partial charge < -0.3 is 10.2 Å². The molecular formula is C18H19Cl2N3O. The first-order valence-corrected chi connectivity index (χ1v) is 8.87. The number of halogens is 2. The zero-order chi connectivity index (χ0) is 16.9. The molecule has 24 heavy (non-hydrogen) atoms. The topological polar surface area (TPSA) is 45.2 Å². The van der Waals surface area contributed by atoms with Crippen LogP contribution in [0, 0.1) is 0 Å². The number of hydrogen-bond acceptors (Lipinski definition) is 3. The lowest BCUT2D eigenvalue weighted by Crippen LogP contribution is -2.25. The largest absolute Gasteiger partial charge is 0.357 e. The van der Waals surface area contributed by atoms with Gasteiger partial charge >= 0.3 is 0 Å². The van der Waals surface area contributed by atoms with Crippen molar-refractivity contribution in [1.82, 2.24) is 4.98 Å². The third kappa shape index (κ3) is 4.00. The highest BCUT2D eigenvalue weighted by molar-refractivity contribution is 6.40. The normalized spacial score (nSPS) is 15.0. The number of nitrogens with zero attached hydrogens (tertiary/aromatic N) is 2. The van der Waals surface area contributed by atoms with Crippen LogP contribution in [0.4, 0.5) is 11.5 Å². The molecule has 1 N–H and O–H groups in total. The number of para-hydroxylation sites is 1. The van der Waals surface area contributed by atoms with Gasteiger partial charge in [-0.25, -0.2) is 4.98 Å². The molecule has 1 aromatic carbocycles. The molecule has 1 aliphatic heterocycles.